The molecule has 2 heterocycles. The Hall–Kier alpha value is -12.1. The number of aromatic nitrogens is 6. The molecule has 5 atom stereocenters. The van der Waals surface area contributed by atoms with Crippen LogP contribution in [-0.2, 0) is 77.3 Å². The number of terminal acetylenes is 2. The predicted octanol–water partition coefficient (Wildman–Crippen LogP) is 18.7. The highest BCUT2D eigenvalue weighted by atomic mass is 16.6. The highest BCUT2D eigenvalue weighted by Crippen LogP contribution is 2.32. The van der Waals surface area contributed by atoms with Gasteiger partial charge < -0.3 is 46.2 Å². The minimum Gasteiger partial charge on any atom is -0.444 e. The SMILES string of the molecule is C#CCOCCCc1ccc([C@H](c2ccccc2)N(CC#C)C(=O)OC(C)(C)C)cc1.CC(C)(C)OC(=O)N[C@@H](c1ccccc1)c1ccc(CCCO)cc1.N[C@@H](c1ccccc1)c1ccc(CCCn2cc(CN[C@@H](c3ccccc3)c3ccc(CCCOCc4cn(CCCc5ccc([C@@H](N)c6ccccc6)cc5)nn4)cc3)nn2)cc1. The second kappa shape index (κ2) is 47.5. The second-order valence-electron chi connectivity index (χ2n) is 31.8. The number of amides is 2. The topological polar surface area (TPSA) is 232 Å². The lowest BCUT2D eigenvalue weighted by atomic mass is 9.95. The number of carbonyl (C=O) groups is 2. The van der Waals surface area contributed by atoms with Crippen LogP contribution in [0.15, 0.2) is 285 Å². The van der Waals surface area contributed by atoms with E-state index in [-0.39, 0.29) is 43.4 Å². The highest BCUT2D eigenvalue weighted by Gasteiger charge is 2.31. The van der Waals surface area contributed by atoms with Gasteiger partial charge in [0.1, 0.15) is 23.5 Å². The fourth-order valence-corrected chi connectivity index (χ4v) is 14.0. The maximum atomic E-state index is 13.0. The number of carbonyl (C=O) groups excluding carboxylic acids is 2. The molecular weight excluding hydrogens is 1490 g/mol. The van der Waals surface area contributed by atoms with Crippen LogP contribution in [0.5, 0.6) is 0 Å². The molecule has 12 aromatic rings. The number of ether oxygens (including phenoxy) is 4. The van der Waals surface area contributed by atoms with E-state index in [1.807, 2.05) is 191 Å². The molecule has 0 saturated carbocycles. The molecule has 18 nitrogen and oxygen atoms in total. The molecule has 120 heavy (non-hydrogen) atoms. The van der Waals surface area contributed by atoms with Crippen LogP contribution in [0, 0.1) is 24.7 Å². The molecule has 0 aliphatic carbocycles. The van der Waals surface area contributed by atoms with E-state index >= 15 is 0 Å². The lowest BCUT2D eigenvalue weighted by Crippen LogP contribution is -2.40. The molecule has 0 aliphatic heterocycles. The van der Waals surface area contributed by atoms with Crippen molar-refractivity contribution in [3.8, 4) is 24.7 Å². The molecule has 18 heteroatoms. The van der Waals surface area contributed by atoms with Crippen molar-refractivity contribution in [1.29, 1.82) is 0 Å². The molecule has 0 radical (unpaired) electrons. The quantitative estimate of drug-likeness (QED) is 0.0179. The van der Waals surface area contributed by atoms with Crippen LogP contribution in [0.25, 0.3) is 0 Å². The van der Waals surface area contributed by atoms with Crippen LogP contribution in [0.4, 0.5) is 9.59 Å². The first-order valence-electron chi connectivity index (χ1n) is 41.6. The Morgan fingerprint density at radius 2 is 0.783 bits per heavy atom. The van der Waals surface area contributed by atoms with Gasteiger partial charge >= 0.3 is 12.2 Å². The lowest BCUT2D eigenvalue weighted by molar-refractivity contribution is 0.0220. The summed E-state index contributed by atoms with van der Waals surface area (Å²) in [6, 6.07) is 92.4. The molecule has 0 spiro atoms. The van der Waals surface area contributed by atoms with Crippen molar-refractivity contribution in [2.75, 3.05) is 33.0 Å². The fourth-order valence-electron chi connectivity index (χ4n) is 14.0. The van der Waals surface area contributed by atoms with Crippen molar-refractivity contribution in [3.05, 3.63) is 380 Å². The van der Waals surface area contributed by atoms with Gasteiger partial charge in [-0.05, 0) is 189 Å². The Morgan fingerprint density at radius 3 is 1.22 bits per heavy atom. The highest BCUT2D eigenvalue weighted by molar-refractivity contribution is 5.70. The lowest BCUT2D eigenvalue weighted by Gasteiger charge is -2.33. The third kappa shape index (κ3) is 30.1. The summed E-state index contributed by atoms with van der Waals surface area (Å²) < 4.78 is 26.3. The van der Waals surface area contributed by atoms with Crippen LogP contribution in [0.3, 0.4) is 0 Å². The summed E-state index contributed by atoms with van der Waals surface area (Å²) in [4.78, 5) is 26.9. The number of nitrogens with one attached hydrogen (secondary N) is 2. The Labute approximate surface area is 710 Å². The number of nitrogens with two attached hydrogens (primary N) is 2. The average Bonchev–Trinajstić information content (AvgIpc) is 0.844. The molecule has 2 amide bonds. The number of hydrogen-bond donors (Lipinski definition) is 5. The molecule has 10 aromatic carbocycles. The van der Waals surface area contributed by atoms with Crippen LogP contribution in [0.2, 0.25) is 0 Å². The summed E-state index contributed by atoms with van der Waals surface area (Å²) >= 11 is 0. The van der Waals surface area contributed by atoms with Gasteiger partial charge in [0.15, 0.2) is 0 Å². The van der Waals surface area contributed by atoms with Crippen molar-refractivity contribution in [2.45, 2.75) is 173 Å². The van der Waals surface area contributed by atoms with Crippen molar-refractivity contribution >= 4 is 12.2 Å². The van der Waals surface area contributed by atoms with Crippen LogP contribution >= 0.6 is 0 Å². The summed E-state index contributed by atoms with van der Waals surface area (Å²) in [7, 11) is 0. The zero-order valence-electron chi connectivity index (χ0n) is 70.3. The van der Waals surface area contributed by atoms with Crippen molar-refractivity contribution in [1.82, 2.24) is 45.5 Å². The van der Waals surface area contributed by atoms with Gasteiger partial charge in [-0.25, -0.2) is 9.59 Å². The second-order valence-corrected chi connectivity index (χ2v) is 31.8. The molecule has 7 N–H and O–H groups in total. The number of aryl methyl sites for hydroxylation is 7. The number of hydrogen-bond acceptors (Lipinski definition) is 14. The first-order valence-corrected chi connectivity index (χ1v) is 41.6. The Kier molecular flexibility index (Phi) is 35.7. The molecule has 0 fully saturated rings. The van der Waals surface area contributed by atoms with Gasteiger partial charge in [0, 0.05) is 45.7 Å². The zero-order chi connectivity index (χ0) is 84.7. The van der Waals surface area contributed by atoms with Gasteiger partial charge in [0.2, 0.25) is 0 Å². The molecule has 12 rings (SSSR count). The maximum Gasteiger partial charge on any atom is 0.411 e. The standard InChI is InChI=1S/C54H59N9O.C27H31NO3.C21H27NO3/c55-52(44-16-4-1-5-17-44)46-28-22-41(23-29-46)13-10-34-62-38-50(58-60-62)37-57-54(48-20-8-3-9-21-48)49-32-26-43(27-33-49)15-12-36-64-40-51-39-63(61-59-51)35-11-14-42-24-30-47(31-25-42)53(56)45-18-6-2-7-19-45;1-6-19-28(26(29)31-27(3,4)5)25(23-13-9-8-10-14-23)24-17-15-22(16-18-24)12-11-21-30-20-7-2;1-21(2,3)25-20(24)22-19(17-9-5-4-6-10-17)18-13-11-16(12-14-18)8-7-15-23/h1-9,16-33,38-39,52-54,57H,10-15,34-37,40,55-56H2;1-2,8-10,13-18,25H,11-12,19-21H2,3-5H3;4-6,9-14,19,23H,7-8,15H2,1-3H3,(H,22,24)/t52-,53-,54-;25-;19-/m000/s1. The molecule has 622 valence electrons. The van der Waals surface area contributed by atoms with Gasteiger partial charge in [-0.1, -0.05) is 295 Å². The smallest absolute Gasteiger partial charge is 0.411 e. The van der Waals surface area contributed by atoms with Crippen LogP contribution < -0.4 is 22.1 Å². The van der Waals surface area contributed by atoms with E-state index in [0.717, 1.165) is 133 Å². The zero-order valence-corrected chi connectivity index (χ0v) is 70.3. The van der Waals surface area contributed by atoms with Gasteiger partial charge in [-0.2, -0.15) is 0 Å². The van der Waals surface area contributed by atoms with E-state index in [2.05, 4.69) is 189 Å². The number of benzene rings is 10. The first-order chi connectivity index (χ1) is 58.3. The number of alkyl carbamates (subject to hydrolysis) is 1. The van der Waals surface area contributed by atoms with E-state index in [0.29, 0.717) is 33.0 Å². The molecular formula is C102H117N11O7. The average molecular weight is 1610 g/mol. The largest absolute Gasteiger partial charge is 0.444 e. The van der Waals surface area contributed by atoms with Crippen molar-refractivity contribution in [3.63, 3.8) is 0 Å². The first kappa shape index (κ1) is 90.2. The Balaban J connectivity index is 0.000000223. The van der Waals surface area contributed by atoms with E-state index in [9.17, 15) is 9.59 Å². The third-order valence-corrected chi connectivity index (χ3v) is 20.1. The van der Waals surface area contributed by atoms with Gasteiger partial charge in [-0.15, -0.1) is 23.0 Å². The minimum absolute atomic E-state index is 0.0197. The van der Waals surface area contributed by atoms with E-state index in [1.165, 1.54) is 38.9 Å². The van der Waals surface area contributed by atoms with Crippen LogP contribution in [-0.4, -0.2) is 96.4 Å². The molecule has 0 saturated heterocycles. The Bertz CT molecular complexity index is 5030. The minimum atomic E-state index is -0.615. The molecule has 0 bridgehead atoms. The fraction of sp³-hybridized carbons (Fsp3) is 0.314. The predicted molar refractivity (Wildman–Crippen MR) is 478 cm³/mol. The number of nitrogens with zero attached hydrogens (tertiary/aromatic N) is 7. The van der Waals surface area contributed by atoms with E-state index in [4.69, 9.17) is 48.4 Å². The maximum absolute atomic E-state index is 13.0. The molecule has 0 unspecified atom stereocenters. The van der Waals surface area contributed by atoms with Crippen molar-refractivity contribution < 1.29 is 33.6 Å². The van der Waals surface area contributed by atoms with E-state index in [1.54, 1.807) is 4.90 Å². The summed E-state index contributed by atoms with van der Waals surface area (Å²) in [5, 5.41) is 33.3. The number of aliphatic hydroxyl groups is 1. The van der Waals surface area contributed by atoms with Gasteiger partial charge in [-0.3, -0.25) is 14.3 Å². The van der Waals surface area contributed by atoms with Crippen molar-refractivity contribution in [2.24, 2.45) is 11.5 Å². The summed E-state index contributed by atoms with van der Waals surface area (Å²) in [5.74, 6) is 5.07. The molecule has 2 aromatic heterocycles. The monoisotopic (exact) mass is 1610 g/mol. The summed E-state index contributed by atoms with van der Waals surface area (Å²) in [5.41, 5.74) is 30.6. The number of rotatable bonds is 38. The normalized spacial score (nSPS) is 12.5. The van der Waals surface area contributed by atoms with Gasteiger partial charge in [0.25, 0.3) is 0 Å². The summed E-state index contributed by atoms with van der Waals surface area (Å²) in [6.07, 6.45) is 23.1. The summed E-state index contributed by atoms with van der Waals surface area (Å²) in [6.45, 7) is 15.7. The third-order valence-electron chi connectivity index (χ3n) is 20.1. The van der Waals surface area contributed by atoms with Gasteiger partial charge in [0.05, 0.1) is 55.3 Å². The molecule has 0 aliphatic rings. The Morgan fingerprint density at radius 1 is 0.433 bits per heavy atom. The van der Waals surface area contributed by atoms with Crippen LogP contribution in [0.1, 0.15) is 199 Å². The van der Waals surface area contributed by atoms with E-state index < -0.39 is 23.4 Å². The number of aliphatic hydroxyl groups excluding tert-OH is 1.